The Morgan fingerprint density at radius 1 is 1.16 bits per heavy atom. The van der Waals surface area contributed by atoms with Crippen molar-refractivity contribution >= 4 is 17.1 Å². The van der Waals surface area contributed by atoms with E-state index in [2.05, 4.69) is 15.2 Å². The first-order valence-electron chi connectivity index (χ1n) is 12.8. The molecule has 2 aliphatic rings. The Kier molecular flexibility index (Phi) is 6.41. The van der Waals surface area contributed by atoms with Crippen molar-refractivity contribution in [1.82, 2.24) is 28.9 Å². The Morgan fingerprint density at radius 2 is 1.97 bits per heavy atom. The molecule has 4 heterocycles. The van der Waals surface area contributed by atoms with E-state index >= 15 is 0 Å². The van der Waals surface area contributed by atoms with Crippen LogP contribution in [0.5, 0.6) is 0 Å². The zero-order valence-electron chi connectivity index (χ0n) is 21.3. The number of hydrogen-bond acceptors (Lipinski definition) is 6. The van der Waals surface area contributed by atoms with Crippen LogP contribution in [-0.4, -0.2) is 52.3 Å². The van der Waals surface area contributed by atoms with Gasteiger partial charge in [-0.25, -0.2) is 9.07 Å². The molecule has 1 aromatic carbocycles. The van der Waals surface area contributed by atoms with Crippen LogP contribution in [0.25, 0.3) is 5.69 Å². The standard InChI is InChI=1S/C28H29FN6O2S/c1-19(2)34-17-24(16-31-34)38(37)33-12-10-21-13-26-20(15-32-35(26)23-8-6-22(29)7-9-23)14-28(21,18-33)27(36)25-5-3-4-11-30-25/h3-9,11,15-17,19,21H,10,12-14,18H2,1-2H3. The summed E-state index contributed by atoms with van der Waals surface area (Å²) in [7, 11) is 0. The number of nitrogens with zero attached hydrogens (tertiary/aromatic N) is 6. The lowest BCUT2D eigenvalue weighted by molar-refractivity contribution is 0.0394. The minimum absolute atomic E-state index is 0.0204. The van der Waals surface area contributed by atoms with Crippen molar-refractivity contribution in [2.45, 2.75) is 44.0 Å². The van der Waals surface area contributed by atoms with Gasteiger partial charge in [0.2, 0.25) is 4.90 Å². The number of carbonyl (C=O) groups is 1. The van der Waals surface area contributed by atoms with Crippen LogP contribution >= 0.6 is 0 Å². The molecule has 0 bridgehead atoms. The molecule has 1 aliphatic heterocycles. The van der Waals surface area contributed by atoms with E-state index in [9.17, 15) is 13.7 Å². The van der Waals surface area contributed by atoms with Gasteiger partial charge in [-0.05, 0) is 81.0 Å². The Bertz CT molecular complexity index is 1450. The van der Waals surface area contributed by atoms with E-state index in [1.165, 1.54) is 12.1 Å². The average molecular weight is 533 g/mol. The molecule has 38 heavy (non-hydrogen) atoms. The lowest BCUT2D eigenvalue weighted by Crippen LogP contribution is -2.57. The lowest BCUT2D eigenvalue weighted by atomic mass is 9.60. The lowest BCUT2D eigenvalue weighted by Gasteiger charge is -2.48. The van der Waals surface area contributed by atoms with Gasteiger partial charge in [-0.1, -0.05) is 6.07 Å². The zero-order chi connectivity index (χ0) is 26.4. The molecule has 1 saturated heterocycles. The third kappa shape index (κ3) is 4.26. The molecular weight excluding hydrogens is 503 g/mol. The molecule has 1 aliphatic carbocycles. The van der Waals surface area contributed by atoms with Gasteiger partial charge in [0.25, 0.3) is 0 Å². The van der Waals surface area contributed by atoms with Gasteiger partial charge >= 0.3 is 0 Å². The maximum absolute atomic E-state index is 14.2. The van der Waals surface area contributed by atoms with E-state index in [0.29, 0.717) is 42.9 Å². The Hall–Kier alpha value is -3.34. The molecule has 3 atom stereocenters. The molecule has 3 aromatic heterocycles. The molecule has 4 aromatic rings. The third-order valence-corrected chi connectivity index (χ3v) is 9.23. The van der Waals surface area contributed by atoms with Crippen molar-refractivity contribution in [2.75, 3.05) is 13.1 Å². The predicted octanol–water partition coefficient (Wildman–Crippen LogP) is 4.20. The molecule has 0 N–H and O–H groups in total. The van der Waals surface area contributed by atoms with Crippen LogP contribution in [-0.2, 0) is 24.2 Å². The van der Waals surface area contributed by atoms with E-state index in [0.717, 1.165) is 16.9 Å². The minimum Gasteiger partial charge on any atom is -0.593 e. The number of fused-ring (bicyclic) bond motifs is 2. The summed E-state index contributed by atoms with van der Waals surface area (Å²) in [5, 5.41) is 8.99. The van der Waals surface area contributed by atoms with Gasteiger partial charge in [0.1, 0.15) is 17.7 Å². The van der Waals surface area contributed by atoms with Crippen molar-refractivity contribution in [1.29, 1.82) is 0 Å². The van der Waals surface area contributed by atoms with Crippen molar-refractivity contribution in [3.8, 4) is 5.69 Å². The Labute approximate surface area is 223 Å². The quantitative estimate of drug-likeness (QED) is 0.273. The maximum atomic E-state index is 14.2. The topological polar surface area (TPSA) is 91.9 Å². The van der Waals surface area contributed by atoms with Gasteiger partial charge in [-0.2, -0.15) is 10.2 Å². The van der Waals surface area contributed by atoms with Crippen LogP contribution < -0.4 is 0 Å². The van der Waals surface area contributed by atoms with Crippen LogP contribution in [0.2, 0.25) is 0 Å². The zero-order valence-corrected chi connectivity index (χ0v) is 22.1. The monoisotopic (exact) mass is 532 g/mol. The van der Waals surface area contributed by atoms with E-state index in [1.54, 1.807) is 41.3 Å². The number of piperidine rings is 1. The maximum Gasteiger partial charge on any atom is 0.211 e. The average Bonchev–Trinajstić information content (AvgIpc) is 3.59. The first kappa shape index (κ1) is 25.0. The number of Topliss-reactive ketones (excluding diaryl/α,β-unsaturated/α-hetero) is 1. The second-order valence-electron chi connectivity index (χ2n) is 10.4. The number of rotatable bonds is 6. The van der Waals surface area contributed by atoms with Crippen molar-refractivity contribution in [3.05, 3.63) is 90.0 Å². The highest BCUT2D eigenvalue weighted by molar-refractivity contribution is 7.89. The van der Waals surface area contributed by atoms with Crippen molar-refractivity contribution in [2.24, 2.45) is 11.3 Å². The first-order chi connectivity index (χ1) is 18.4. The number of pyridine rings is 1. The van der Waals surface area contributed by atoms with Crippen molar-refractivity contribution in [3.63, 3.8) is 0 Å². The number of carbonyl (C=O) groups excluding carboxylic acids is 1. The number of benzene rings is 1. The first-order valence-corrected chi connectivity index (χ1v) is 13.9. The Morgan fingerprint density at radius 3 is 2.68 bits per heavy atom. The Balaban J connectivity index is 1.37. The van der Waals surface area contributed by atoms with Gasteiger partial charge < -0.3 is 4.55 Å². The molecule has 10 heteroatoms. The largest absolute Gasteiger partial charge is 0.593 e. The van der Waals surface area contributed by atoms with Crippen LogP contribution in [0, 0.1) is 17.2 Å². The molecule has 3 unspecified atom stereocenters. The smallest absolute Gasteiger partial charge is 0.211 e. The van der Waals surface area contributed by atoms with Gasteiger partial charge in [0.15, 0.2) is 5.78 Å². The van der Waals surface area contributed by atoms with Crippen LogP contribution in [0.15, 0.2) is 72.1 Å². The molecule has 8 nitrogen and oxygen atoms in total. The minimum atomic E-state index is -1.44. The van der Waals surface area contributed by atoms with Gasteiger partial charge in [0, 0.05) is 24.5 Å². The van der Waals surface area contributed by atoms with E-state index in [1.807, 2.05) is 41.3 Å². The molecule has 0 radical (unpaired) electrons. The summed E-state index contributed by atoms with van der Waals surface area (Å²) < 4.78 is 32.8. The molecule has 0 saturated carbocycles. The molecule has 0 amide bonds. The molecule has 196 valence electrons. The second kappa shape index (κ2) is 9.76. The number of aromatic nitrogens is 5. The van der Waals surface area contributed by atoms with Crippen LogP contribution in [0.3, 0.4) is 0 Å². The van der Waals surface area contributed by atoms with Crippen molar-refractivity contribution < 1.29 is 13.7 Å². The highest BCUT2D eigenvalue weighted by Gasteiger charge is 2.55. The third-order valence-electron chi connectivity index (χ3n) is 7.83. The fraction of sp³-hybridized carbons (Fsp3) is 0.357. The number of halogens is 1. The number of ketones is 1. The highest BCUT2D eigenvalue weighted by Crippen LogP contribution is 2.48. The SMILES string of the molecule is CC(C)n1cc([S+]([O-])N2CCC3Cc4c(cnn4-c4ccc(F)cc4)CC3(C(=O)c3ccccn3)C2)cn1. The summed E-state index contributed by atoms with van der Waals surface area (Å²) in [6, 6.07) is 11.8. The van der Waals surface area contributed by atoms with Crippen LogP contribution in [0.4, 0.5) is 4.39 Å². The van der Waals surface area contributed by atoms with Crippen LogP contribution in [0.1, 0.15) is 48.1 Å². The second-order valence-corrected chi connectivity index (χ2v) is 11.9. The van der Waals surface area contributed by atoms with E-state index in [-0.39, 0.29) is 23.6 Å². The summed E-state index contributed by atoms with van der Waals surface area (Å²) in [6.45, 7) is 5.00. The summed E-state index contributed by atoms with van der Waals surface area (Å²) in [5.74, 6) is -0.302. The van der Waals surface area contributed by atoms with E-state index in [4.69, 9.17) is 0 Å². The summed E-state index contributed by atoms with van der Waals surface area (Å²) in [6.07, 6.45) is 8.76. The summed E-state index contributed by atoms with van der Waals surface area (Å²) in [4.78, 5) is 19.2. The fourth-order valence-corrected chi connectivity index (χ4v) is 7.07. The van der Waals surface area contributed by atoms with Gasteiger partial charge in [0.05, 0.1) is 41.4 Å². The molecule has 6 rings (SSSR count). The highest BCUT2D eigenvalue weighted by atomic mass is 32.2. The normalized spacial score (nSPS) is 22.2. The summed E-state index contributed by atoms with van der Waals surface area (Å²) in [5.41, 5.74) is 2.44. The molecule has 1 fully saturated rings. The molecular formula is C28H29FN6O2S. The fourth-order valence-electron chi connectivity index (χ4n) is 5.82. The summed E-state index contributed by atoms with van der Waals surface area (Å²) >= 11 is -1.44. The van der Waals surface area contributed by atoms with Gasteiger partial charge in [-0.15, -0.1) is 4.31 Å². The number of hydrogen-bond donors (Lipinski definition) is 0. The van der Waals surface area contributed by atoms with Gasteiger partial charge in [-0.3, -0.25) is 14.5 Å². The molecule has 0 spiro atoms. The predicted molar refractivity (Wildman–Crippen MR) is 141 cm³/mol. The van der Waals surface area contributed by atoms with E-state index < -0.39 is 16.8 Å².